The summed E-state index contributed by atoms with van der Waals surface area (Å²) in [7, 11) is 3.49. The lowest BCUT2D eigenvalue weighted by Crippen LogP contribution is -2.59. The van der Waals surface area contributed by atoms with Crippen LogP contribution in [0.15, 0.2) is 82.6 Å². The Morgan fingerprint density at radius 2 is 1.65 bits per heavy atom. The fourth-order valence-corrected chi connectivity index (χ4v) is 7.17. The van der Waals surface area contributed by atoms with Crippen molar-refractivity contribution in [3.8, 4) is 11.6 Å². The van der Waals surface area contributed by atoms with Crippen LogP contribution in [0.25, 0.3) is 0 Å². The van der Waals surface area contributed by atoms with Crippen molar-refractivity contribution in [3.05, 3.63) is 117 Å². The lowest BCUT2D eigenvalue weighted by Gasteiger charge is -2.49. The summed E-state index contributed by atoms with van der Waals surface area (Å²) in [6.07, 6.45) is 0.0872. The van der Waals surface area contributed by atoms with Crippen LogP contribution in [0.4, 0.5) is 10.1 Å². The number of hydrogen-bond donors (Lipinski definition) is 3. The van der Waals surface area contributed by atoms with Gasteiger partial charge in [-0.25, -0.2) is 4.39 Å². The lowest BCUT2D eigenvalue weighted by atomic mass is 9.58. The number of benzene rings is 3. The molecule has 3 aliphatic carbocycles. The van der Waals surface area contributed by atoms with Crippen LogP contribution in [-0.2, 0) is 19.6 Å². The number of rotatable bonds is 7. The number of ether oxygens (including phenoxy) is 2. The maximum atomic E-state index is 15.5. The second-order valence-electron chi connectivity index (χ2n) is 12.2. The molecule has 0 fully saturated rings. The molecule has 7 rings (SSSR count). The number of ketones is 2. The number of anilines is 1. The van der Waals surface area contributed by atoms with Crippen LogP contribution in [0.2, 0.25) is 0 Å². The Kier molecular flexibility index (Phi) is 7.17. The zero-order valence-corrected chi connectivity index (χ0v) is 25.2. The van der Waals surface area contributed by atoms with E-state index >= 15 is 4.39 Å². The van der Waals surface area contributed by atoms with E-state index < -0.39 is 46.6 Å². The van der Waals surface area contributed by atoms with Crippen LogP contribution in [0.3, 0.4) is 0 Å². The van der Waals surface area contributed by atoms with Crippen LogP contribution in [0.1, 0.15) is 55.6 Å². The monoisotopic (exact) mass is 625 g/mol. The van der Waals surface area contributed by atoms with Gasteiger partial charge in [0.15, 0.2) is 22.9 Å². The molecule has 4 atom stereocenters. The Morgan fingerprint density at radius 1 is 1.02 bits per heavy atom. The van der Waals surface area contributed by atoms with E-state index in [4.69, 9.17) is 19.7 Å². The molecule has 0 unspecified atom stereocenters. The van der Waals surface area contributed by atoms with Gasteiger partial charge in [0.1, 0.15) is 30.4 Å². The fraction of sp³-hybridized carbons (Fsp3) is 0.286. The molecule has 0 saturated carbocycles. The van der Waals surface area contributed by atoms with E-state index in [0.29, 0.717) is 0 Å². The Balaban J connectivity index is 1.31. The van der Waals surface area contributed by atoms with Crippen molar-refractivity contribution in [1.82, 2.24) is 10.1 Å². The first kappa shape index (κ1) is 29.7. The Labute approximate surface area is 263 Å². The number of hydrogen-bond acceptors (Lipinski definition) is 10. The average Bonchev–Trinajstić information content (AvgIpc) is 3.46. The molecular weight excluding hydrogens is 593 g/mol. The maximum Gasteiger partial charge on any atom is 0.265 e. The van der Waals surface area contributed by atoms with Crippen LogP contribution in [-0.4, -0.2) is 51.5 Å². The molecular formula is C35H32FN3O7. The van der Waals surface area contributed by atoms with E-state index in [1.54, 1.807) is 19.0 Å². The molecule has 46 heavy (non-hydrogen) atoms. The molecule has 3 aliphatic rings. The number of carbonyl (C=O) groups excluding carboxylic acids is 2. The van der Waals surface area contributed by atoms with Gasteiger partial charge in [-0.1, -0.05) is 60.7 Å². The smallest absolute Gasteiger partial charge is 0.265 e. The third-order valence-corrected chi connectivity index (χ3v) is 9.29. The summed E-state index contributed by atoms with van der Waals surface area (Å²) >= 11 is 0. The summed E-state index contributed by atoms with van der Waals surface area (Å²) in [5, 5.41) is 28.1. The van der Waals surface area contributed by atoms with E-state index in [1.165, 1.54) is 0 Å². The third-order valence-electron chi connectivity index (χ3n) is 9.29. The number of allylic oxidation sites excluding steroid dienone is 1. The molecule has 0 aliphatic heterocycles. The van der Waals surface area contributed by atoms with Crippen molar-refractivity contribution >= 4 is 17.3 Å². The highest BCUT2D eigenvalue weighted by molar-refractivity contribution is 6.16. The number of Topliss-reactive ketones (excluding diaryl/α,β-unsaturated/α-hetero) is 2. The normalized spacial score (nSPS) is 23.5. The first-order valence-electron chi connectivity index (χ1n) is 15.0. The van der Waals surface area contributed by atoms with Gasteiger partial charge < -0.3 is 29.9 Å². The van der Waals surface area contributed by atoms with Crippen LogP contribution < -0.4 is 15.2 Å². The number of fused-ring (bicyclic) bond motifs is 4. The lowest BCUT2D eigenvalue weighted by molar-refractivity contribution is -0.0559. The molecule has 236 valence electrons. The van der Waals surface area contributed by atoms with E-state index in [0.717, 1.165) is 17.2 Å². The zero-order chi connectivity index (χ0) is 32.3. The number of aliphatic hydroxyl groups is 2. The SMILES string of the molecule is CN(C)[C@@H]1c2onc(OCc3ccccc3)c2C(=O)[C@@]2(O)C(O)=C3C(=O)c4c(c(F)cc(N)c4OCc4ccccc4)C[C@H]3C[C@@H]12. The predicted octanol–water partition coefficient (Wildman–Crippen LogP) is 4.97. The number of halogens is 1. The van der Waals surface area contributed by atoms with E-state index in [9.17, 15) is 19.8 Å². The molecule has 10 nitrogen and oxygen atoms in total. The Hall–Kier alpha value is -5.00. The third kappa shape index (κ3) is 4.49. The molecule has 0 bridgehead atoms. The molecule has 0 radical (unpaired) electrons. The number of nitrogens with two attached hydrogens (primary N) is 1. The largest absolute Gasteiger partial charge is 0.508 e. The quantitative estimate of drug-likeness (QED) is 0.240. The maximum absolute atomic E-state index is 15.5. The first-order valence-corrected chi connectivity index (χ1v) is 15.0. The van der Waals surface area contributed by atoms with Crippen LogP contribution in [0.5, 0.6) is 11.6 Å². The van der Waals surface area contributed by atoms with Crippen molar-refractivity contribution < 1.29 is 38.2 Å². The summed E-state index contributed by atoms with van der Waals surface area (Å²) in [4.78, 5) is 30.2. The standard InChI is InChI=1S/C35H32FN3O7/c1-39(2)28-22-14-20-13-21-23(36)15-24(37)30(44-16-18-9-5-3-6-10-18)26(21)29(40)25(20)32(41)35(22,43)33(42)27-31(28)46-38-34(27)45-17-19-11-7-4-8-12-19/h3-12,15,20,22,28,41,43H,13-14,16-17,37H2,1-2H3/t20-,22-,28-,35-/m0/s1. The highest BCUT2D eigenvalue weighted by Crippen LogP contribution is 2.56. The van der Waals surface area contributed by atoms with Crippen molar-refractivity contribution in [3.63, 3.8) is 0 Å². The molecule has 4 N–H and O–H groups in total. The topological polar surface area (TPSA) is 148 Å². The van der Waals surface area contributed by atoms with E-state index in [-0.39, 0.29) is 71.4 Å². The van der Waals surface area contributed by atoms with Gasteiger partial charge in [0.05, 0.1) is 17.3 Å². The van der Waals surface area contributed by atoms with Crippen LogP contribution in [0, 0.1) is 17.7 Å². The number of nitrogen functional groups attached to an aromatic ring is 1. The van der Waals surface area contributed by atoms with Gasteiger partial charge in [-0.3, -0.25) is 14.5 Å². The summed E-state index contributed by atoms with van der Waals surface area (Å²) < 4.78 is 33.0. The number of nitrogens with zero attached hydrogens (tertiary/aromatic N) is 2. The van der Waals surface area contributed by atoms with Crippen LogP contribution >= 0.6 is 0 Å². The second kappa shape index (κ2) is 11.1. The molecule has 4 aromatic rings. The number of aromatic nitrogens is 1. The van der Waals surface area contributed by atoms with Gasteiger partial charge in [0.25, 0.3) is 5.88 Å². The van der Waals surface area contributed by atoms with Gasteiger partial charge in [-0.15, -0.1) is 0 Å². The molecule has 0 amide bonds. The average molecular weight is 626 g/mol. The Morgan fingerprint density at radius 3 is 2.28 bits per heavy atom. The van der Waals surface area contributed by atoms with Gasteiger partial charge in [0, 0.05) is 23.1 Å². The highest BCUT2D eigenvalue weighted by Gasteiger charge is 2.64. The summed E-state index contributed by atoms with van der Waals surface area (Å²) in [5.41, 5.74) is 4.90. The van der Waals surface area contributed by atoms with Crippen molar-refractivity contribution in [2.75, 3.05) is 19.8 Å². The summed E-state index contributed by atoms with van der Waals surface area (Å²) in [5.74, 6) is -4.72. The van der Waals surface area contributed by atoms with Gasteiger partial charge in [-0.05, 0) is 49.1 Å². The molecule has 1 aromatic heterocycles. The zero-order valence-electron chi connectivity index (χ0n) is 25.2. The highest BCUT2D eigenvalue weighted by atomic mass is 19.1. The fourth-order valence-electron chi connectivity index (χ4n) is 7.17. The number of aliphatic hydroxyl groups excluding tert-OH is 1. The first-order chi connectivity index (χ1) is 22.1. The predicted molar refractivity (Wildman–Crippen MR) is 164 cm³/mol. The van der Waals surface area contributed by atoms with Crippen molar-refractivity contribution in [2.24, 2.45) is 11.8 Å². The summed E-state index contributed by atoms with van der Waals surface area (Å²) in [6.45, 7) is 0.132. The molecule has 3 aromatic carbocycles. The number of carbonyl (C=O) groups is 2. The van der Waals surface area contributed by atoms with Crippen molar-refractivity contribution in [1.29, 1.82) is 0 Å². The van der Waals surface area contributed by atoms with Gasteiger partial charge >= 0.3 is 0 Å². The second-order valence-corrected chi connectivity index (χ2v) is 12.2. The summed E-state index contributed by atoms with van der Waals surface area (Å²) in [6, 6.07) is 18.8. The minimum absolute atomic E-state index is 0.0165. The Bertz CT molecular complexity index is 1890. The minimum Gasteiger partial charge on any atom is -0.508 e. The van der Waals surface area contributed by atoms with Gasteiger partial charge in [0.2, 0.25) is 5.78 Å². The molecule has 0 saturated heterocycles. The van der Waals surface area contributed by atoms with E-state index in [1.807, 2.05) is 60.7 Å². The van der Waals surface area contributed by atoms with Gasteiger partial charge in [-0.2, -0.15) is 0 Å². The molecule has 11 heteroatoms. The molecule has 0 spiro atoms. The van der Waals surface area contributed by atoms with E-state index in [2.05, 4.69) is 5.16 Å². The minimum atomic E-state index is -2.51. The van der Waals surface area contributed by atoms with Crippen molar-refractivity contribution in [2.45, 2.75) is 37.7 Å². The molecule has 1 heterocycles.